The SMILES string of the molecule is O=COC(=O)c1ccc(C(=O)O)cc1C(=O)O. The van der Waals surface area contributed by atoms with Crippen LogP contribution in [0.25, 0.3) is 0 Å². The van der Waals surface area contributed by atoms with E-state index in [1.807, 2.05) is 0 Å². The van der Waals surface area contributed by atoms with Gasteiger partial charge in [0.25, 0.3) is 0 Å². The summed E-state index contributed by atoms with van der Waals surface area (Å²) in [4.78, 5) is 42.6. The number of hydrogen-bond donors (Lipinski definition) is 2. The molecule has 0 fully saturated rings. The molecule has 7 nitrogen and oxygen atoms in total. The fourth-order valence-electron chi connectivity index (χ4n) is 1.14. The summed E-state index contributed by atoms with van der Waals surface area (Å²) < 4.78 is 3.99. The number of esters is 1. The maximum Gasteiger partial charge on any atom is 0.346 e. The lowest BCUT2D eigenvalue weighted by molar-refractivity contribution is -0.123. The maximum absolute atomic E-state index is 11.2. The third-order valence-electron chi connectivity index (χ3n) is 1.87. The third kappa shape index (κ3) is 2.65. The Hall–Kier alpha value is -2.70. The smallest absolute Gasteiger partial charge is 0.346 e. The van der Waals surface area contributed by atoms with Crippen LogP contribution in [0.3, 0.4) is 0 Å². The molecule has 1 aromatic rings. The van der Waals surface area contributed by atoms with Gasteiger partial charge in [0.05, 0.1) is 16.7 Å². The van der Waals surface area contributed by atoms with Gasteiger partial charge in [-0.1, -0.05) is 0 Å². The number of benzene rings is 1. The molecule has 0 radical (unpaired) electrons. The minimum absolute atomic E-state index is 0.140. The van der Waals surface area contributed by atoms with Crippen molar-refractivity contribution in [3.8, 4) is 0 Å². The Morgan fingerprint density at radius 1 is 1.06 bits per heavy atom. The van der Waals surface area contributed by atoms with Gasteiger partial charge in [0, 0.05) is 0 Å². The van der Waals surface area contributed by atoms with Gasteiger partial charge in [0.2, 0.25) is 0 Å². The molecular formula is C10H6O7. The first kappa shape index (κ1) is 12.4. The van der Waals surface area contributed by atoms with E-state index in [1.54, 1.807) is 0 Å². The normalized spacial score (nSPS) is 9.41. The summed E-state index contributed by atoms with van der Waals surface area (Å²) in [6.45, 7) is -0.140. The lowest BCUT2D eigenvalue weighted by atomic mass is 10.0. The van der Waals surface area contributed by atoms with Crippen molar-refractivity contribution in [2.24, 2.45) is 0 Å². The molecule has 0 bridgehead atoms. The number of carbonyl (C=O) groups is 4. The largest absolute Gasteiger partial charge is 0.478 e. The van der Waals surface area contributed by atoms with E-state index in [1.165, 1.54) is 0 Å². The predicted octanol–water partition coefficient (Wildman–Crippen LogP) is 0.396. The third-order valence-corrected chi connectivity index (χ3v) is 1.87. The van der Waals surface area contributed by atoms with Crippen LogP contribution in [0.2, 0.25) is 0 Å². The summed E-state index contributed by atoms with van der Waals surface area (Å²) in [6, 6.07) is 2.82. The second-order valence-electron chi connectivity index (χ2n) is 2.87. The Bertz CT molecular complexity index is 503. The molecule has 0 aliphatic rings. The molecular weight excluding hydrogens is 232 g/mol. The van der Waals surface area contributed by atoms with E-state index < -0.39 is 29.0 Å². The molecule has 0 aliphatic heterocycles. The summed E-state index contributed by atoms with van der Waals surface area (Å²) in [7, 11) is 0. The molecule has 1 aromatic carbocycles. The monoisotopic (exact) mass is 238 g/mol. The van der Waals surface area contributed by atoms with Gasteiger partial charge in [-0.2, -0.15) is 0 Å². The molecule has 88 valence electrons. The second kappa shape index (κ2) is 4.88. The van der Waals surface area contributed by atoms with Crippen molar-refractivity contribution in [1.82, 2.24) is 0 Å². The highest BCUT2D eigenvalue weighted by Crippen LogP contribution is 2.13. The van der Waals surface area contributed by atoms with Crippen LogP contribution in [0, 0.1) is 0 Å². The molecule has 17 heavy (non-hydrogen) atoms. The van der Waals surface area contributed by atoms with Crippen molar-refractivity contribution in [2.45, 2.75) is 0 Å². The average Bonchev–Trinajstić information content (AvgIpc) is 2.28. The minimum atomic E-state index is -1.49. The van der Waals surface area contributed by atoms with Crippen molar-refractivity contribution in [3.63, 3.8) is 0 Å². The fourth-order valence-corrected chi connectivity index (χ4v) is 1.14. The molecule has 0 aliphatic carbocycles. The van der Waals surface area contributed by atoms with E-state index in [-0.39, 0.29) is 12.0 Å². The zero-order chi connectivity index (χ0) is 13.0. The standard InChI is InChI=1S/C10H6O7/c11-4-17-10(16)6-2-1-5(8(12)13)3-7(6)9(14)15/h1-4H,(H,12,13)(H,14,15). The second-order valence-corrected chi connectivity index (χ2v) is 2.87. The number of hydrogen-bond acceptors (Lipinski definition) is 5. The Morgan fingerprint density at radius 2 is 1.71 bits per heavy atom. The summed E-state index contributed by atoms with van der Waals surface area (Å²) in [5, 5.41) is 17.5. The van der Waals surface area contributed by atoms with Crippen molar-refractivity contribution in [1.29, 1.82) is 0 Å². The van der Waals surface area contributed by atoms with E-state index in [0.717, 1.165) is 18.2 Å². The van der Waals surface area contributed by atoms with E-state index in [9.17, 15) is 19.2 Å². The van der Waals surface area contributed by atoms with Crippen LogP contribution in [0.1, 0.15) is 31.1 Å². The highest BCUT2D eigenvalue weighted by molar-refractivity contribution is 6.05. The molecule has 0 unspecified atom stereocenters. The van der Waals surface area contributed by atoms with Crippen LogP contribution < -0.4 is 0 Å². The zero-order valence-electron chi connectivity index (χ0n) is 8.25. The van der Waals surface area contributed by atoms with E-state index >= 15 is 0 Å². The number of carboxylic acid groups (broad SMARTS) is 2. The Morgan fingerprint density at radius 3 is 2.18 bits per heavy atom. The van der Waals surface area contributed by atoms with Gasteiger partial charge in [-0.15, -0.1) is 0 Å². The van der Waals surface area contributed by atoms with Gasteiger partial charge in [-0.3, -0.25) is 4.79 Å². The molecule has 2 N–H and O–H groups in total. The van der Waals surface area contributed by atoms with Crippen molar-refractivity contribution in [2.75, 3.05) is 0 Å². The van der Waals surface area contributed by atoms with Crippen LogP contribution in [0.15, 0.2) is 18.2 Å². The molecule has 0 saturated carbocycles. The quantitative estimate of drug-likeness (QED) is 0.442. The van der Waals surface area contributed by atoms with Crippen LogP contribution >= 0.6 is 0 Å². The highest BCUT2D eigenvalue weighted by atomic mass is 16.6. The molecule has 0 aromatic heterocycles. The predicted molar refractivity (Wildman–Crippen MR) is 51.8 cm³/mol. The van der Waals surface area contributed by atoms with Crippen LogP contribution in [-0.4, -0.2) is 34.6 Å². The lowest BCUT2D eigenvalue weighted by Crippen LogP contribution is -2.12. The molecule has 7 heteroatoms. The molecule has 0 amide bonds. The average molecular weight is 238 g/mol. The summed E-state index contributed by atoms with van der Waals surface area (Å²) >= 11 is 0. The van der Waals surface area contributed by atoms with Crippen LogP contribution in [-0.2, 0) is 9.53 Å². The van der Waals surface area contributed by atoms with Crippen LogP contribution in [0.5, 0.6) is 0 Å². The number of ether oxygens (including phenoxy) is 1. The maximum atomic E-state index is 11.2. The van der Waals surface area contributed by atoms with Gasteiger partial charge < -0.3 is 14.9 Å². The van der Waals surface area contributed by atoms with Gasteiger partial charge in [0.15, 0.2) is 0 Å². The highest BCUT2D eigenvalue weighted by Gasteiger charge is 2.19. The first-order valence-electron chi connectivity index (χ1n) is 4.22. The Labute approximate surface area is 94.2 Å². The number of rotatable bonds is 4. The van der Waals surface area contributed by atoms with Gasteiger partial charge in [-0.25, -0.2) is 14.4 Å². The van der Waals surface area contributed by atoms with E-state index in [4.69, 9.17) is 10.2 Å². The first-order chi connectivity index (χ1) is 7.97. The number of carbonyl (C=O) groups excluding carboxylic acids is 2. The Kier molecular flexibility index (Phi) is 3.55. The van der Waals surface area contributed by atoms with Crippen molar-refractivity contribution < 1.29 is 34.1 Å². The molecule has 0 heterocycles. The van der Waals surface area contributed by atoms with Crippen molar-refractivity contribution in [3.05, 3.63) is 34.9 Å². The minimum Gasteiger partial charge on any atom is -0.478 e. The zero-order valence-corrected chi connectivity index (χ0v) is 8.25. The van der Waals surface area contributed by atoms with E-state index in [2.05, 4.69) is 4.74 Å². The van der Waals surface area contributed by atoms with E-state index in [0.29, 0.717) is 0 Å². The molecule has 1 rings (SSSR count). The van der Waals surface area contributed by atoms with Gasteiger partial charge in [0.1, 0.15) is 0 Å². The summed E-state index contributed by atoms with van der Waals surface area (Å²) in [5.74, 6) is -3.98. The molecule has 0 saturated heterocycles. The van der Waals surface area contributed by atoms with Crippen molar-refractivity contribution >= 4 is 24.4 Å². The summed E-state index contributed by atoms with van der Waals surface area (Å²) in [5.41, 5.74) is -1.23. The van der Waals surface area contributed by atoms with Gasteiger partial charge in [-0.05, 0) is 18.2 Å². The molecule has 0 atom stereocenters. The van der Waals surface area contributed by atoms with Gasteiger partial charge >= 0.3 is 24.4 Å². The summed E-state index contributed by atoms with van der Waals surface area (Å²) in [6.07, 6.45) is 0. The topological polar surface area (TPSA) is 118 Å². The van der Waals surface area contributed by atoms with Crippen LogP contribution in [0.4, 0.5) is 0 Å². The Balaban J connectivity index is 3.31. The fraction of sp³-hybridized carbons (Fsp3) is 0. The molecule has 0 spiro atoms. The number of carboxylic acids is 2. The number of aromatic carboxylic acids is 2. The first-order valence-corrected chi connectivity index (χ1v) is 4.22. The lowest BCUT2D eigenvalue weighted by Gasteiger charge is -2.04.